The van der Waals surface area contributed by atoms with E-state index < -0.39 is 9.84 Å². The van der Waals surface area contributed by atoms with Crippen molar-refractivity contribution in [2.75, 3.05) is 5.75 Å². The molecule has 1 aliphatic heterocycles. The van der Waals surface area contributed by atoms with Gasteiger partial charge in [-0.3, -0.25) is 4.68 Å². The van der Waals surface area contributed by atoms with Gasteiger partial charge in [-0.1, -0.05) is 6.08 Å². The molecule has 2 atom stereocenters. The molecule has 0 radical (unpaired) electrons. The third-order valence-electron chi connectivity index (χ3n) is 2.87. The summed E-state index contributed by atoms with van der Waals surface area (Å²) in [7, 11) is -2.99. The highest BCUT2D eigenvalue weighted by atomic mass is 32.2. The third kappa shape index (κ3) is 2.95. The second kappa shape index (κ2) is 4.62. The number of hydrogen-bond donors (Lipinski definition) is 1. The molecule has 1 aliphatic rings. The normalized spacial score (nSPS) is 24.0. The first-order chi connectivity index (χ1) is 8.00. The van der Waals surface area contributed by atoms with Crippen molar-refractivity contribution in [2.24, 2.45) is 0 Å². The van der Waals surface area contributed by atoms with Gasteiger partial charge in [-0.15, -0.1) is 0 Å². The Morgan fingerprint density at radius 2 is 2.41 bits per heavy atom. The zero-order valence-electron chi connectivity index (χ0n) is 10.00. The number of aromatic nitrogens is 2. The van der Waals surface area contributed by atoms with Gasteiger partial charge < -0.3 is 5.32 Å². The van der Waals surface area contributed by atoms with E-state index in [0.29, 0.717) is 0 Å². The standard InChI is InChI=1S/C11H17N3O2S/c1-3-14-7-10(6-12-14)9(2)13-11-4-5-17(15,16)8-11/h4-7,9,11,13H,3,8H2,1-2H3. The van der Waals surface area contributed by atoms with Gasteiger partial charge in [0.15, 0.2) is 9.84 Å². The molecule has 0 saturated carbocycles. The Hall–Kier alpha value is -1.14. The molecule has 6 heteroatoms. The van der Waals surface area contributed by atoms with E-state index in [2.05, 4.69) is 10.4 Å². The summed E-state index contributed by atoms with van der Waals surface area (Å²) in [6.45, 7) is 4.88. The maximum Gasteiger partial charge on any atom is 0.173 e. The summed E-state index contributed by atoms with van der Waals surface area (Å²) in [5.74, 6) is 0.152. The smallest absolute Gasteiger partial charge is 0.173 e. The number of aryl methyl sites for hydroxylation is 1. The minimum Gasteiger partial charge on any atom is -0.303 e. The zero-order chi connectivity index (χ0) is 12.5. The van der Waals surface area contributed by atoms with E-state index >= 15 is 0 Å². The second-order valence-electron chi connectivity index (χ2n) is 4.28. The fraction of sp³-hybridized carbons (Fsp3) is 0.545. The topological polar surface area (TPSA) is 64.0 Å². The molecule has 5 nitrogen and oxygen atoms in total. The van der Waals surface area contributed by atoms with Crippen LogP contribution in [0.3, 0.4) is 0 Å². The molecule has 17 heavy (non-hydrogen) atoms. The molecule has 2 heterocycles. The molecule has 0 aromatic carbocycles. The molecule has 0 spiro atoms. The van der Waals surface area contributed by atoms with Gasteiger partial charge in [-0.05, 0) is 13.8 Å². The van der Waals surface area contributed by atoms with Crippen molar-refractivity contribution in [1.29, 1.82) is 0 Å². The molecule has 0 aliphatic carbocycles. The Balaban J connectivity index is 1.98. The predicted octanol–water partition coefficient (Wildman–Crippen LogP) is 0.864. The summed E-state index contributed by atoms with van der Waals surface area (Å²) >= 11 is 0. The van der Waals surface area contributed by atoms with Crippen LogP contribution in [0.25, 0.3) is 0 Å². The van der Waals surface area contributed by atoms with Crippen LogP contribution in [0.5, 0.6) is 0 Å². The highest BCUT2D eigenvalue weighted by molar-refractivity contribution is 7.94. The lowest BCUT2D eigenvalue weighted by Gasteiger charge is -2.16. The van der Waals surface area contributed by atoms with Crippen molar-refractivity contribution in [2.45, 2.75) is 32.5 Å². The monoisotopic (exact) mass is 255 g/mol. The van der Waals surface area contributed by atoms with Gasteiger partial charge in [0.2, 0.25) is 0 Å². The molecular formula is C11H17N3O2S. The maximum absolute atomic E-state index is 11.3. The molecule has 2 unspecified atom stereocenters. The van der Waals surface area contributed by atoms with Gasteiger partial charge in [0.1, 0.15) is 0 Å². The minimum atomic E-state index is -2.99. The predicted molar refractivity (Wildman–Crippen MR) is 66.2 cm³/mol. The maximum atomic E-state index is 11.3. The molecule has 0 bridgehead atoms. The van der Waals surface area contributed by atoms with E-state index in [1.807, 2.05) is 30.9 Å². The van der Waals surface area contributed by atoms with Crippen molar-refractivity contribution in [3.63, 3.8) is 0 Å². The first-order valence-electron chi connectivity index (χ1n) is 5.69. The largest absolute Gasteiger partial charge is 0.303 e. The number of nitrogens with zero attached hydrogens (tertiary/aromatic N) is 2. The van der Waals surface area contributed by atoms with Crippen LogP contribution in [0.4, 0.5) is 0 Å². The molecule has 0 amide bonds. The Bertz CT molecular complexity index is 519. The van der Waals surface area contributed by atoms with Gasteiger partial charge in [0, 0.05) is 35.8 Å². The number of rotatable bonds is 4. The van der Waals surface area contributed by atoms with Crippen LogP contribution in [0.2, 0.25) is 0 Å². The van der Waals surface area contributed by atoms with Gasteiger partial charge in [-0.2, -0.15) is 5.10 Å². The van der Waals surface area contributed by atoms with Crippen LogP contribution >= 0.6 is 0 Å². The number of nitrogens with one attached hydrogen (secondary N) is 1. The zero-order valence-corrected chi connectivity index (χ0v) is 10.8. The van der Waals surface area contributed by atoms with E-state index in [1.54, 1.807) is 6.08 Å². The highest BCUT2D eigenvalue weighted by Gasteiger charge is 2.23. The lowest BCUT2D eigenvalue weighted by atomic mass is 10.1. The molecular weight excluding hydrogens is 238 g/mol. The van der Waals surface area contributed by atoms with E-state index in [9.17, 15) is 8.42 Å². The van der Waals surface area contributed by atoms with Crippen molar-refractivity contribution >= 4 is 9.84 Å². The Labute approximate surface area is 101 Å². The molecule has 0 saturated heterocycles. The number of hydrogen-bond acceptors (Lipinski definition) is 4. The average Bonchev–Trinajstić information content (AvgIpc) is 2.85. The molecule has 94 valence electrons. The summed E-state index contributed by atoms with van der Waals surface area (Å²) in [5.41, 5.74) is 1.07. The first-order valence-corrected chi connectivity index (χ1v) is 7.41. The minimum absolute atomic E-state index is 0.0956. The Morgan fingerprint density at radius 3 is 2.94 bits per heavy atom. The summed E-state index contributed by atoms with van der Waals surface area (Å²) in [5, 5.41) is 8.75. The first kappa shape index (κ1) is 12.3. The van der Waals surface area contributed by atoms with Crippen LogP contribution in [0.15, 0.2) is 23.9 Å². The van der Waals surface area contributed by atoms with Crippen molar-refractivity contribution in [1.82, 2.24) is 15.1 Å². The van der Waals surface area contributed by atoms with Gasteiger partial charge >= 0.3 is 0 Å². The Morgan fingerprint density at radius 1 is 1.65 bits per heavy atom. The van der Waals surface area contributed by atoms with Crippen LogP contribution < -0.4 is 5.32 Å². The average molecular weight is 255 g/mol. The highest BCUT2D eigenvalue weighted by Crippen LogP contribution is 2.15. The molecule has 0 fully saturated rings. The molecule has 1 aromatic heterocycles. The summed E-state index contributed by atoms with van der Waals surface area (Å²) in [6.07, 6.45) is 5.50. The fourth-order valence-electron chi connectivity index (χ4n) is 1.87. The van der Waals surface area contributed by atoms with Crippen LogP contribution in [0, 0.1) is 0 Å². The van der Waals surface area contributed by atoms with Gasteiger partial charge in [-0.25, -0.2) is 8.42 Å². The number of sulfone groups is 1. The van der Waals surface area contributed by atoms with Gasteiger partial charge in [0.05, 0.1) is 11.9 Å². The summed E-state index contributed by atoms with van der Waals surface area (Å²) in [6, 6.07) is -0.00164. The van der Waals surface area contributed by atoms with Crippen molar-refractivity contribution < 1.29 is 8.42 Å². The lowest BCUT2D eigenvalue weighted by Crippen LogP contribution is -2.32. The SMILES string of the molecule is CCn1cc(C(C)NC2C=CS(=O)(=O)C2)cn1. The Kier molecular flexibility index (Phi) is 3.35. The van der Waals surface area contributed by atoms with E-state index in [0.717, 1.165) is 12.1 Å². The summed E-state index contributed by atoms with van der Waals surface area (Å²) in [4.78, 5) is 0. The van der Waals surface area contributed by atoms with Gasteiger partial charge in [0.25, 0.3) is 0 Å². The molecule has 1 N–H and O–H groups in total. The van der Waals surface area contributed by atoms with E-state index in [-0.39, 0.29) is 17.8 Å². The van der Waals surface area contributed by atoms with Crippen LogP contribution in [-0.2, 0) is 16.4 Å². The van der Waals surface area contributed by atoms with Crippen molar-refractivity contribution in [3.8, 4) is 0 Å². The summed E-state index contributed by atoms with van der Waals surface area (Å²) < 4.78 is 24.4. The van der Waals surface area contributed by atoms with Crippen LogP contribution in [0.1, 0.15) is 25.5 Å². The van der Waals surface area contributed by atoms with Crippen LogP contribution in [-0.4, -0.2) is 30.0 Å². The molecule has 2 rings (SSSR count). The van der Waals surface area contributed by atoms with Crippen molar-refractivity contribution in [3.05, 3.63) is 29.4 Å². The fourth-order valence-corrected chi connectivity index (χ4v) is 3.12. The second-order valence-corrected chi connectivity index (χ2v) is 6.21. The quantitative estimate of drug-likeness (QED) is 0.867. The molecule has 1 aromatic rings. The van der Waals surface area contributed by atoms with E-state index in [1.165, 1.54) is 5.41 Å². The van der Waals surface area contributed by atoms with E-state index in [4.69, 9.17) is 0 Å². The lowest BCUT2D eigenvalue weighted by molar-refractivity contribution is 0.534. The third-order valence-corrected chi connectivity index (χ3v) is 4.27.